The topological polar surface area (TPSA) is 58.6 Å². The van der Waals surface area contributed by atoms with Crippen molar-refractivity contribution in [3.05, 3.63) is 35.4 Å². The van der Waals surface area contributed by atoms with E-state index in [4.69, 9.17) is 4.74 Å². The van der Waals surface area contributed by atoms with Gasteiger partial charge in [-0.3, -0.25) is 4.79 Å². The van der Waals surface area contributed by atoms with Crippen LogP contribution in [0.5, 0.6) is 0 Å². The third-order valence-electron chi connectivity index (χ3n) is 3.52. The summed E-state index contributed by atoms with van der Waals surface area (Å²) in [6, 6.07) is 7.62. The lowest BCUT2D eigenvalue weighted by molar-refractivity contribution is -0.122. The summed E-state index contributed by atoms with van der Waals surface area (Å²) in [5.41, 5.74) is 2.17. The SMILES string of the molecule is COCCCCC(=O)N[C@@H]1c2ccccc2C[C@@H]1O. The van der Waals surface area contributed by atoms with Crippen molar-refractivity contribution in [3.63, 3.8) is 0 Å². The number of carbonyl (C=O) groups excluding carboxylic acids is 1. The Morgan fingerprint density at radius 2 is 2.21 bits per heavy atom. The zero-order valence-electron chi connectivity index (χ0n) is 11.3. The number of hydrogen-bond acceptors (Lipinski definition) is 3. The Morgan fingerprint density at radius 1 is 1.42 bits per heavy atom. The summed E-state index contributed by atoms with van der Waals surface area (Å²) in [6.07, 6.45) is 2.28. The van der Waals surface area contributed by atoms with Crippen LogP contribution >= 0.6 is 0 Å². The van der Waals surface area contributed by atoms with Gasteiger partial charge in [0.2, 0.25) is 5.91 Å². The van der Waals surface area contributed by atoms with Gasteiger partial charge < -0.3 is 15.2 Å². The summed E-state index contributed by atoms with van der Waals surface area (Å²) in [7, 11) is 1.66. The Bertz CT molecular complexity index is 433. The fourth-order valence-corrected chi connectivity index (χ4v) is 2.53. The minimum atomic E-state index is -0.514. The predicted molar refractivity (Wildman–Crippen MR) is 72.8 cm³/mol. The van der Waals surface area contributed by atoms with Crippen LogP contribution < -0.4 is 5.32 Å². The molecule has 0 bridgehead atoms. The molecule has 0 heterocycles. The number of fused-ring (bicyclic) bond motifs is 1. The highest BCUT2D eigenvalue weighted by atomic mass is 16.5. The lowest BCUT2D eigenvalue weighted by atomic mass is 10.1. The van der Waals surface area contributed by atoms with Gasteiger partial charge in [0, 0.05) is 26.6 Å². The van der Waals surface area contributed by atoms with Crippen molar-refractivity contribution in [2.75, 3.05) is 13.7 Å². The van der Waals surface area contributed by atoms with Crippen LogP contribution in [0, 0.1) is 0 Å². The molecule has 1 aromatic rings. The lowest BCUT2D eigenvalue weighted by Gasteiger charge is -2.17. The Balaban J connectivity index is 1.87. The van der Waals surface area contributed by atoms with E-state index in [1.165, 1.54) is 0 Å². The van der Waals surface area contributed by atoms with Crippen LogP contribution in [0.4, 0.5) is 0 Å². The molecule has 4 heteroatoms. The molecule has 0 radical (unpaired) electrons. The van der Waals surface area contributed by atoms with E-state index in [1.807, 2.05) is 24.3 Å². The van der Waals surface area contributed by atoms with Crippen LogP contribution in [0.3, 0.4) is 0 Å². The first-order chi connectivity index (χ1) is 9.22. The molecule has 2 atom stereocenters. The molecule has 0 aromatic heterocycles. The van der Waals surface area contributed by atoms with Crippen LogP contribution in [0.1, 0.15) is 36.4 Å². The second kappa shape index (κ2) is 6.68. The van der Waals surface area contributed by atoms with E-state index in [0.29, 0.717) is 19.4 Å². The number of hydrogen-bond donors (Lipinski definition) is 2. The number of rotatable bonds is 6. The molecule has 1 amide bonds. The number of aliphatic hydroxyl groups excluding tert-OH is 1. The van der Waals surface area contributed by atoms with E-state index in [9.17, 15) is 9.90 Å². The summed E-state index contributed by atoms with van der Waals surface area (Å²) in [6.45, 7) is 0.683. The first-order valence-corrected chi connectivity index (χ1v) is 6.76. The minimum Gasteiger partial charge on any atom is -0.390 e. The molecular weight excluding hydrogens is 242 g/mol. The van der Waals surface area contributed by atoms with Crippen molar-refractivity contribution in [1.29, 1.82) is 0 Å². The highest BCUT2D eigenvalue weighted by Crippen LogP contribution is 2.31. The number of unbranched alkanes of at least 4 members (excludes halogenated alkanes) is 1. The van der Waals surface area contributed by atoms with Gasteiger partial charge in [0.05, 0.1) is 12.1 Å². The summed E-state index contributed by atoms with van der Waals surface area (Å²) in [5.74, 6) is -0.00291. The summed E-state index contributed by atoms with van der Waals surface area (Å²) in [4.78, 5) is 11.9. The van der Waals surface area contributed by atoms with Crippen molar-refractivity contribution in [1.82, 2.24) is 5.32 Å². The van der Waals surface area contributed by atoms with Crippen molar-refractivity contribution in [2.45, 2.75) is 37.8 Å². The number of nitrogens with one attached hydrogen (secondary N) is 1. The van der Waals surface area contributed by atoms with Crippen molar-refractivity contribution < 1.29 is 14.6 Å². The summed E-state index contributed by atoms with van der Waals surface area (Å²) in [5, 5.41) is 13.0. The molecule has 104 valence electrons. The number of amides is 1. The smallest absolute Gasteiger partial charge is 0.220 e. The van der Waals surface area contributed by atoms with Crippen LogP contribution in [0.15, 0.2) is 24.3 Å². The molecule has 1 aliphatic carbocycles. The molecule has 19 heavy (non-hydrogen) atoms. The largest absolute Gasteiger partial charge is 0.390 e. The van der Waals surface area contributed by atoms with Crippen LogP contribution in [0.25, 0.3) is 0 Å². The maximum atomic E-state index is 11.9. The quantitative estimate of drug-likeness (QED) is 0.766. The molecule has 1 aromatic carbocycles. The highest BCUT2D eigenvalue weighted by Gasteiger charge is 2.31. The molecule has 0 saturated carbocycles. The Morgan fingerprint density at radius 3 is 3.00 bits per heavy atom. The number of aliphatic hydroxyl groups is 1. The van der Waals surface area contributed by atoms with Gasteiger partial charge in [0.1, 0.15) is 0 Å². The van der Waals surface area contributed by atoms with E-state index < -0.39 is 6.10 Å². The zero-order valence-corrected chi connectivity index (χ0v) is 11.3. The Hall–Kier alpha value is -1.39. The van der Waals surface area contributed by atoms with Gasteiger partial charge in [-0.25, -0.2) is 0 Å². The average Bonchev–Trinajstić information content (AvgIpc) is 2.72. The molecule has 0 aliphatic heterocycles. The number of benzene rings is 1. The van der Waals surface area contributed by atoms with Crippen LogP contribution in [-0.4, -0.2) is 30.8 Å². The van der Waals surface area contributed by atoms with Gasteiger partial charge in [-0.1, -0.05) is 24.3 Å². The second-order valence-electron chi connectivity index (χ2n) is 4.97. The Kier molecular flexibility index (Phi) is 4.93. The third kappa shape index (κ3) is 3.55. The van der Waals surface area contributed by atoms with Gasteiger partial charge in [-0.15, -0.1) is 0 Å². The van der Waals surface area contributed by atoms with E-state index in [0.717, 1.165) is 24.0 Å². The van der Waals surface area contributed by atoms with Crippen molar-refractivity contribution in [3.8, 4) is 0 Å². The lowest BCUT2D eigenvalue weighted by Crippen LogP contribution is -2.33. The van der Waals surface area contributed by atoms with E-state index in [1.54, 1.807) is 7.11 Å². The van der Waals surface area contributed by atoms with Crippen LogP contribution in [-0.2, 0) is 16.0 Å². The first-order valence-electron chi connectivity index (χ1n) is 6.76. The highest BCUT2D eigenvalue weighted by molar-refractivity contribution is 5.76. The summed E-state index contributed by atoms with van der Waals surface area (Å²) < 4.78 is 4.95. The molecule has 0 saturated heterocycles. The molecular formula is C15H21NO3. The van der Waals surface area contributed by atoms with Crippen molar-refractivity contribution >= 4 is 5.91 Å². The minimum absolute atomic E-state index is 0.00291. The fourth-order valence-electron chi connectivity index (χ4n) is 2.53. The summed E-state index contributed by atoms with van der Waals surface area (Å²) >= 11 is 0. The number of ether oxygens (including phenoxy) is 1. The van der Waals surface area contributed by atoms with Gasteiger partial charge >= 0.3 is 0 Å². The second-order valence-corrected chi connectivity index (χ2v) is 4.97. The first kappa shape index (κ1) is 14.0. The van der Waals surface area contributed by atoms with Gasteiger partial charge in [-0.2, -0.15) is 0 Å². The maximum Gasteiger partial charge on any atom is 0.220 e. The predicted octanol–water partition coefficient (Wildman–Crippen LogP) is 1.58. The normalized spacial score (nSPS) is 21.2. The standard InChI is InChI=1S/C15H21NO3/c1-19-9-5-4-8-14(18)16-15-12-7-3-2-6-11(12)10-13(15)17/h2-3,6-7,13,15,17H,4-5,8-10H2,1H3,(H,16,18)/t13-,15+/m0/s1. The van der Waals surface area contributed by atoms with Crippen LogP contribution in [0.2, 0.25) is 0 Å². The van der Waals surface area contributed by atoms with Gasteiger partial charge in [-0.05, 0) is 24.0 Å². The monoisotopic (exact) mass is 263 g/mol. The van der Waals surface area contributed by atoms with E-state index in [2.05, 4.69) is 5.32 Å². The molecule has 0 fully saturated rings. The van der Waals surface area contributed by atoms with Gasteiger partial charge in [0.25, 0.3) is 0 Å². The third-order valence-corrected chi connectivity index (χ3v) is 3.52. The fraction of sp³-hybridized carbons (Fsp3) is 0.533. The van der Waals surface area contributed by atoms with E-state index >= 15 is 0 Å². The molecule has 4 nitrogen and oxygen atoms in total. The molecule has 1 aliphatic rings. The average molecular weight is 263 g/mol. The molecule has 0 unspecified atom stereocenters. The molecule has 0 spiro atoms. The number of methoxy groups -OCH3 is 1. The van der Waals surface area contributed by atoms with Crippen molar-refractivity contribution in [2.24, 2.45) is 0 Å². The number of carbonyl (C=O) groups is 1. The molecule has 2 N–H and O–H groups in total. The van der Waals surface area contributed by atoms with Gasteiger partial charge in [0.15, 0.2) is 0 Å². The molecule has 2 rings (SSSR count). The van der Waals surface area contributed by atoms with E-state index in [-0.39, 0.29) is 11.9 Å². The zero-order chi connectivity index (χ0) is 13.7. The Labute approximate surface area is 113 Å². The maximum absolute atomic E-state index is 11.9.